The molecule has 0 unspecified atom stereocenters. The Morgan fingerprint density at radius 2 is 2.29 bits per heavy atom. The Morgan fingerprint density at radius 3 is 2.86 bits per heavy atom. The first kappa shape index (κ1) is 14.8. The minimum absolute atomic E-state index is 0.440. The molecule has 0 aromatic heterocycles. The van der Waals surface area contributed by atoms with Crippen LogP contribution in [-0.4, -0.2) is 46.3 Å². The summed E-state index contributed by atoms with van der Waals surface area (Å²) in [6.07, 6.45) is 9.55. The molecular weight excluding hydrogens is 278 g/mol. The van der Waals surface area contributed by atoms with Crippen molar-refractivity contribution in [2.75, 3.05) is 6.54 Å². The number of amides is 2. The van der Waals surface area contributed by atoms with E-state index in [9.17, 15) is 14.4 Å². The number of carboxylic acid groups (broad SMARTS) is 1. The van der Waals surface area contributed by atoms with E-state index in [4.69, 9.17) is 15.6 Å². The molecule has 0 radical (unpaired) electrons. The van der Waals surface area contributed by atoms with Gasteiger partial charge in [-0.3, -0.25) is 15.4 Å². The number of aliphatic carboxylic acids is 1. The number of hydrogen-bond donors (Lipinski definition) is 3. The quantitative estimate of drug-likeness (QED) is 0.611. The highest BCUT2D eigenvalue weighted by molar-refractivity contribution is 5.92. The SMILES string of the molecule is N[C@@]1(C(=O)O[C@H]2C=CC=CC2)C=CN(CC(=O)O)C(=O)N1. The Labute approximate surface area is 120 Å². The number of rotatable bonds is 4. The van der Waals surface area contributed by atoms with Crippen molar-refractivity contribution in [1.82, 2.24) is 10.2 Å². The van der Waals surface area contributed by atoms with Crippen LogP contribution in [0.3, 0.4) is 0 Å². The second kappa shape index (κ2) is 5.80. The first-order valence-electron chi connectivity index (χ1n) is 6.24. The van der Waals surface area contributed by atoms with Crippen molar-refractivity contribution >= 4 is 18.0 Å². The number of carboxylic acids is 1. The summed E-state index contributed by atoms with van der Waals surface area (Å²) < 4.78 is 5.20. The summed E-state index contributed by atoms with van der Waals surface area (Å²) in [4.78, 5) is 35.3. The van der Waals surface area contributed by atoms with Crippen molar-refractivity contribution in [3.63, 3.8) is 0 Å². The van der Waals surface area contributed by atoms with Gasteiger partial charge in [0.25, 0.3) is 0 Å². The van der Waals surface area contributed by atoms with Crippen LogP contribution in [-0.2, 0) is 14.3 Å². The fourth-order valence-corrected chi connectivity index (χ4v) is 1.84. The molecule has 8 heteroatoms. The van der Waals surface area contributed by atoms with Gasteiger partial charge in [0.2, 0.25) is 5.66 Å². The summed E-state index contributed by atoms with van der Waals surface area (Å²) in [6, 6.07) is -0.779. The molecule has 2 rings (SSSR count). The molecule has 0 bridgehead atoms. The van der Waals surface area contributed by atoms with E-state index in [1.807, 2.05) is 12.2 Å². The molecule has 8 nitrogen and oxygen atoms in total. The van der Waals surface area contributed by atoms with Crippen molar-refractivity contribution in [3.8, 4) is 0 Å². The molecule has 0 fully saturated rings. The van der Waals surface area contributed by atoms with Crippen molar-refractivity contribution < 1.29 is 24.2 Å². The lowest BCUT2D eigenvalue weighted by atomic mass is 10.1. The minimum atomic E-state index is -1.80. The molecule has 0 spiro atoms. The van der Waals surface area contributed by atoms with Crippen molar-refractivity contribution in [2.45, 2.75) is 18.2 Å². The van der Waals surface area contributed by atoms with E-state index >= 15 is 0 Å². The topological polar surface area (TPSA) is 122 Å². The minimum Gasteiger partial charge on any atom is -0.480 e. The summed E-state index contributed by atoms with van der Waals surface area (Å²) in [5, 5.41) is 10.9. The molecule has 21 heavy (non-hydrogen) atoms. The molecule has 1 aliphatic heterocycles. The molecule has 0 aromatic carbocycles. The Morgan fingerprint density at radius 1 is 1.52 bits per heavy atom. The lowest BCUT2D eigenvalue weighted by molar-refractivity contribution is -0.152. The number of carbonyl (C=O) groups excluding carboxylic acids is 2. The average Bonchev–Trinajstić information content (AvgIpc) is 2.43. The summed E-state index contributed by atoms with van der Waals surface area (Å²) in [5.74, 6) is -1.99. The number of allylic oxidation sites excluding steroid dienone is 2. The van der Waals surface area contributed by atoms with Gasteiger partial charge in [0.05, 0.1) is 0 Å². The smallest absolute Gasteiger partial charge is 0.351 e. The van der Waals surface area contributed by atoms with Gasteiger partial charge in [-0.1, -0.05) is 18.2 Å². The number of hydrogen-bond acceptors (Lipinski definition) is 5. The summed E-state index contributed by atoms with van der Waals surface area (Å²) >= 11 is 0. The van der Waals surface area contributed by atoms with Gasteiger partial charge in [0.1, 0.15) is 12.6 Å². The molecule has 2 atom stereocenters. The second-order valence-corrected chi connectivity index (χ2v) is 4.63. The third-order valence-electron chi connectivity index (χ3n) is 2.94. The van der Waals surface area contributed by atoms with Crippen LogP contribution in [0.1, 0.15) is 6.42 Å². The maximum atomic E-state index is 12.1. The lowest BCUT2D eigenvalue weighted by Gasteiger charge is -2.33. The Balaban J connectivity index is 2.03. The highest BCUT2D eigenvalue weighted by atomic mass is 16.5. The molecule has 0 saturated carbocycles. The van der Waals surface area contributed by atoms with Gasteiger partial charge < -0.3 is 15.2 Å². The van der Waals surface area contributed by atoms with Gasteiger partial charge in [-0.15, -0.1) is 0 Å². The Hall–Kier alpha value is -2.61. The number of ether oxygens (including phenoxy) is 1. The van der Waals surface area contributed by atoms with E-state index < -0.39 is 36.3 Å². The first-order chi connectivity index (χ1) is 9.90. The summed E-state index contributed by atoms with van der Waals surface area (Å²) in [5.41, 5.74) is 3.99. The molecule has 1 heterocycles. The first-order valence-corrected chi connectivity index (χ1v) is 6.24. The maximum absolute atomic E-state index is 12.1. The van der Waals surface area contributed by atoms with E-state index in [2.05, 4.69) is 5.32 Å². The zero-order valence-corrected chi connectivity index (χ0v) is 11.1. The fraction of sp³-hybridized carbons (Fsp3) is 0.308. The Bertz CT molecular complexity index is 554. The molecule has 0 aromatic rings. The van der Waals surface area contributed by atoms with Crippen LogP contribution in [0.25, 0.3) is 0 Å². The zero-order valence-electron chi connectivity index (χ0n) is 11.1. The van der Waals surface area contributed by atoms with E-state index in [0.717, 1.165) is 11.1 Å². The number of esters is 1. The van der Waals surface area contributed by atoms with Gasteiger partial charge in [-0.05, 0) is 12.2 Å². The molecule has 112 valence electrons. The maximum Gasteiger partial charge on any atom is 0.351 e. The fourth-order valence-electron chi connectivity index (χ4n) is 1.84. The van der Waals surface area contributed by atoms with Crippen LogP contribution >= 0.6 is 0 Å². The largest absolute Gasteiger partial charge is 0.480 e. The Kier molecular flexibility index (Phi) is 4.08. The summed E-state index contributed by atoms with van der Waals surface area (Å²) in [7, 11) is 0. The standard InChI is InChI=1S/C13H15N3O5/c14-13(11(19)21-9-4-2-1-3-5-9)6-7-16(8-10(17)18)12(20)15-13/h1-4,6-7,9H,5,8,14H2,(H,15,20)(H,17,18)/t9-,13-/m0/s1. The van der Waals surface area contributed by atoms with E-state index in [1.54, 1.807) is 12.2 Å². The molecule has 0 saturated heterocycles. The second-order valence-electron chi connectivity index (χ2n) is 4.63. The number of nitrogens with zero attached hydrogens (tertiary/aromatic N) is 1. The van der Waals surface area contributed by atoms with Crippen LogP contribution in [0.4, 0.5) is 4.79 Å². The normalized spacial score (nSPS) is 27.4. The van der Waals surface area contributed by atoms with Crippen LogP contribution in [0.2, 0.25) is 0 Å². The van der Waals surface area contributed by atoms with E-state index in [0.29, 0.717) is 6.42 Å². The van der Waals surface area contributed by atoms with E-state index in [1.165, 1.54) is 6.08 Å². The lowest BCUT2D eigenvalue weighted by Crippen LogP contribution is -2.65. The van der Waals surface area contributed by atoms with Gasteiger partial charge in [-0.25, -0.2) is 9.59 Å². The van der Waals surface area contributed by atoms with Crippen LogP contribution in [0.5, 0.6) is 0 Å². The van der Waals surface area contributed by atoms with Crippen molar-refractivity contribution in [2.24, 2.45) is 5.73 Å². The van der Waals surface area contributed by atoms with Crippen LogP contribution < -0.4 is 11.1 Å². The molecule has 4 N–H and O–H groups in total. The third kappa shape index (κ3) is 3.48. The highest BCUT2D eigenvalue weighted by Gasteiger charge is 2.40. The zero-order chi connectivity index (χ0) is 15.5. The van der Waals surface area contributed by atoms with Gasteiger partial charge in [0, 0.05) is 12.6 Å². The van der Waals surface area contributed by atoms with E-state index in [-0.39, 0.29) is 0 Å². The van der Waals surface area contributed by atoms with Crippen molar-refractivity contribution in [1.29, 1.82) is 0 Å². The molecular formula is C13H15N3O5. The van der Waals surface area contributed by atoms with Gasteiger partial charge >= 0.3 is 18.0 Å². The monoisotopic (exact) mass is 293 g/mol. The highest BCUT2D eigenvalue weighted by Crippen LogP contribution is 2.15. The van der Waals surface area contributed by atoms with Crippen LogP contribution in [0.15, 0.2) is 36.6 Å². The predicted molar refractivity (Wildman–Crippen MR) is 71.7 cm³/mol. The summed E-state index contributed by atoms with van der Waals surface area (Å²) in [6.45, 7) is -0.524. The van der Waals surface area contributed by atoms with Gasteiger partial charge in [0.15, 0.2) is 0 Å². The average molecular weight is 293 g/mol. The number of carbonyl (C=O) groups is 3. The molecule has 2 amide bonds. The third-order valence-corrected chi connectivity index (χ3v) is 2.94. The van der Waals surface area contributed by atoms with Crippen LogP contribution in [0, 0.1) is 0 Å². The molecule has 1 aliphatic carbocycles. The van der Waals surface area contributed by atoms with Gasteiger partial charge in [-0.2, -0.15) is 0 Å². The number of nitrogens with one attached hydrogen (secondary N) is 1. The molecule has 2 aliphatic rings. The number of urea groups is 1. The number of nitrogens with two attached hydrogens (primary N) is 1. The van der Waals surface area contributed by atoms with Crippen molar-refractivity contribution in [3.05, 3.63) is 36.6 Å². The predicted octanol–water partition coefficient (Wildman–Crippen LogP) is -0.307.